The third-order valence-electron chi connectivity index (χ3n) is 2.91. The summed E-state index contributed by atoms with van der Waals surface area (Å²) in [5.74, 6) is 0. The highest BCUT2D eigenvalue weighted by atomic mass is 15.2. The zero-order chi connectivity index (χ0) is 9.38. The van der Waals surface area contributed by atoms with Crippen molar-refractivity contribution in [3.8, 4) is 0 Å². The molecule has 3 heteroatoms. The van der Waals surface area contributed by atoms with Crippen LogP contribution in [0.2, 0.25) is 0 Å². The quantitative estimate of drug-likeness (QED) is 0.742. The van der Waals surface area contributed by atoms with E-state index < -0.39 is 0 Å². The van der Waals surface area contributed by atoms with Crippen LogP contribution >= 0.6 is 0 Å². The second kappa shape index (κ2) is 3.01. The highest BCUT2D eigenvalue weighted by Crippen LogP contribution is 2.27. The van der Waals surface area contributed by atoms with E-state index in [1.54, 1.807) is 0 Å². The summed E-state index contributed by atoms with van der Waals surface area (Å²) in [5.41, 5.74) is 2.46. The van der Waals surface area contributed by atoms with Crippen LogP contribution in [0.4, 0.5) is 5.69 Å². The molecule has 0 radical (unpaired) electrons. The number of nitrogens with one attached hydrogen (secondary N) is 1. The number of aromatic nitrogens is 2. The molecule has 0 saturated carbocycles. The van der Waals surface area contributed by atoms with E-state index in [-0.39, 0.29) is 0 Å². The van der Waals surface area contributed by atoms with Gasteiger partial charge in [0.1, 0.15) is 0 Å². The molecule has 1 aromatic heterocycles. The van der Waals surface area contributed by atoms with Gasteiger partial charge in [-0.3, -0.25) is 5.10 Å². The Bertz CT molecular complexity index is 440. The Hall–Kier alpha value is -1.51. The van der Waals surface area contributed by atoms with Gasteiger partial charge in [0.05, 0.1) is 11.7 Å². The van der Waals surface area contributed by atoms with E-state index in [1.165, 1.54) is 37.0 Å². The first-order valence-electron chi connectivity index (χ1n) is 5.12. The summed E-state index contributed by atoms with van der Waals surface area (Å²) in [6.07, 6.45) is 4.55. The van der Waals surface area contributed by atoms with Crippen LogP contribution in [-0.2, 0) is 0 Å². The first kappa shape index (κ1) is 7.85. The van der Waals surface area contributed by atoms with E-state index in [2.05, 4.69) is 33.3 Å². The Labute approximate surface area is 82.7 Å². The van der Waals surface area contributed by atoms with Crippen molar-refractivity contribution in [3.05, 3.63) is 24.4 Å². The maximum absolute atomic E-state index is 4.08. The van der Waals surface area contributed by atoms with Crippen molar-refractivity contribution in [2.45, 2.75) is 12.8 Å². The number of anilines is 1. The summed E-state index contributed by atoms with van der Waals surface area (Å²) in [6, 6.07) is 6.35. The van der Waals surface area contributed by atoms with E-state index in [0.717, 1.165) is 5.52 Å². The normalized spacial score (nSPS) is 16.7. The van der Waals surface area contributed by atoms with Gasteiger partial charge in [0.2, 0.25) is 0 Å². The van der Waals surface area contributed by atoms with Crippen LogP contribution in [0.5, 0.6) is 0 Å². The van der Waals surface area contributed by atoms with Crippen molar-refractivity contribution in [2.75, 3.05) is 18.0 Å². The van der Waals surface area contributed by atoms with Crippen molar-refractivity contribution >= 4 is 16.6 Å². The highest BCUT2D eigenvalue weighted by molar-refractivity contribution is 5.91. The van der Waals surface area contributed by atoms with Crippen LogP contribution in [0.3, 0.4) is 0 Å². The van der Waals surface area contributed by atoms with Gasteiger partial charge in [-0.1, -0.05) is 6.07 Å². The number of aromatic amines is 1. The number of nitrogens with zero attached hydrogens (tertiary/aromatic N) is 2. The van der Waals surface area contributed by atoms with E-state index in [9.17, 15) is 0 Å². The molecule has 0 unspecified atom stereocenters. The molecule has 1 aliphatic rings. The Morgan fingerprint density at radius 2 is 2.07 bits per heavy atom. The molecule has 3 rings (SSSR count). The van der Waals surface area contributed by atoms with E-state index in [1.807, 2.05) is 6.20 Å². The molecule has 1 fully saturated rings. The van der Waals surface area contributed by atoms with Crippen molar-refractivity contribution in [1.29, 1.82) is 0 Å². The average Bonchev–Trinajstić information content (AvgIpc) is 2.88. The number of H-pyrrole nitrogens is 1. The van der Waals surface area contributed by atoms with Crippen molar-refractivity contribution in [1.82, 2.24) is 10.2 Å². The predicted molar refractivity (Wildman–Crippen MR) is 57.5 cm³/mol. The maximum Gasteiger partial charge on any atom is 0.0671 e. The largest absolute Gasteiger partial charge is 0.371 e. The molecule has 14 heavy (non-hydrogen) atoms. The van der Waals surface area contributed by atoms with Gasteiger partial charge in [0, 0.05) is 24.2 Å². The smallest absolute Gasteiger partial charge is 0.0671 e. The predicted octanol–water partition coefficient (Wildman–Crippen LogP) is 2.16. The second-order valence-corrected chi connectivity index (χ2v) is 3.80. The minimum atomic E-state index is 1.13. The van der Waals surface area contributed by atoms with Crippen LogP contribution in [0.25, 0.3) is 10.9 Å². The van der Waals surface area contributed by atoms with Gasteiger partial charge in [-0.25, -0.2) is 0 Å². The Kier molecular flexibility index (Phi) is 1.69. The minimum Gasteiger partial charge on any atom is -0.371 e. The topological polar surface area (TPSA) is 31.9 Å². The van der Waals surface area contributed by atoms with Crippen molar-refractivity contribution in [3.63, 3.8) is 0 Å². The standard InChI is InChI=1S/C11H13N3/c1-2-7-14(6-1)11-5-3-4-10-9(11)8-12-13-10/h3-5,8H,1-2,6-7H2,(H,12,13). The lowest BCUT2D eigenvalue weighted by atomic mass is 10.2. The molecule has 3 nitrogen and oxygen atoms in total. The monoisotopic (exact) mass is 187 g/mol. The maximum atomic E-state index is 4.08. The van der Waals surface area contributed by atoms with Crippen molar-refractivity contribution in [2.24, 2.45) is 0 Å². The van der Waals surface area contributed by atoms with Gasteiger partial charge < -0.3 is 4.90 Å². The van der Waals surface area contributed by atoms with Crippen LogP contribution in [0.1, 0.15) is 12.8 Å². The Morgan fingerprint density at radius 1 is 1.21 bits per heavy atom. The summed E-state index contributed by atoms with van der Waals surface area (Å²) in [7, 11) is 0. The summed E-state index contributed by atoms with van der Waals surface area (Å²) in [5, 5.41) is 8.33. The summed E-state index contributed by atoms with van der Waals surface area (Å²) < 4.78 is 0. The number of rotatable bonds is 1. The number of fused-ring (bicyclic) bond motifs is 1. The molecule has 0 aliphatic carbocycles. The van der Waals surface area contributed by atoms with E-state index >= 15 is 0 Å². The number of hydrogen-bond acceptors (Lipinski definition) is 2. The first-order valence-corrected chi connectivity index (χ1v) is 5.12. The Balaban J connectivity index is 2.14. The fourth-order valence-corrected chi connectivity index (χ4v) is 2.19. The molecule has 0 spiro atoms. The minimum absolute atomic E-state index is 1.13. The lowest BCUT2D eigenvalue weighted by Crippen LogP contribution is -2.17. The zero-order valence-corrected chi connectivity index (χ0v) is 8.03. The Morgan fingerprint density at radius 3 is 2.93 bits per heavy atom. The number of hydrogen-bond donors (Lipinski definition) is 1. The fraction of sp³-hybridized carbons (Fsp3) is 0.364. The number of benzene rings is 1. The molecule has 0 bridgehead atoms. The van der Waals surface area contributed by atoms with Gasteiger partial charge in [-0.15, -0.1) is 0 Å². The summed E-state index contributed by atoms with van der Waals surface area (Å²) >= 11 is 0. The highest BCUT2D eigenvalue weighted by Gasteiger charge is 2.14. The van der Waals surface area contributed by atoms with Gasteiger partial charge >= 0.3 is 0 Å². The molecular weight excluding hydrogens is 174 g/mol. The average molecular weight is 187 g/mol. The summed E-state index contributed by atoms with van der Waals surface area (Å²) in [4.78, 5) is 2.44. The lowest BCUT2D eigenvalue weighted by molar-refractivity contribution is 0.949. The van der Waals surface area contributed by atoms with Gasteiger partial charge in [-0.2, -0.15) is 5.10 Å². The van der Waals surface area contributed by atoms with Crippen LogP contribution in [-0.4, -0.2) is 23.3 Å². The van der Waals surface area contributed by atoms with Crippen LogP contribution in [0, 0.1) is 0 Å². The molecule has 1 saturated heterocycles. The van der Waals surface area contributed by atoms with Crippen LogP contribution in [0.15, 0.2) is 24.4 Å². The first-order chi connectivity index (χ1) is 6.95. The van der Waals surface area contributed by atoms with Gasteiger partial charge in [0.25, 0.3) is 0 Å². The molecule has 1 N–H and O–H groups in total. The zero-order valence-electron chi connectivity index (χ0n) is 8.03. The molecular formula is C11H13N3. The molecule has 2 aromatic rings. The van der Waals surface area contributed by atoms with Crippen LogP contribution < -0.4 is 4.90 Å². The molecule has 72 valence electrons. The molecule has 0 amide bonds. The second-order valence-electron chi connectivity index (χ2n) is 3.80. The summed E-state index contributed by atoms with van der Waals surface area (Å²) in [6.45, 7) is 2.37. The third kappa shape index (κ3) is 1.09. The lowest BCUT2D eigenvalue weighted by Gasteiger charge is -2.18. The van der Waals surface area contributed by atoms with Gasteiger partial charge in [-0.05, 0) is 25.0 Å². The fourth-order valence-electron chi connectivity index (χ4n) is 2.19. The third-order valence-corrected chi connectivity index (χ3v) is 2.91. The molecule has 0 atom stereocenters. The van der Waals surface area contributed by atoms with E-state index in [4.69, 9.17) is 0 Å². The molecule has 1 aromatic carbocycles. The van der Waals surface area contributed by atoms with Gasteiger partial charge in [0.15, 0.2) is 0 Å². The van der Waals surface area contributed by atoms with E-state index in [0.29, 0.717) is 0 Å². The molecule has 1 aliphatic heterocycles. The SMILES string of the molecule is c1cc(N2CCCC2)c2cn[nH]c2c1. The molecule has 2 heterocycles. The van der Waals surface area contributed by atoms with Crippen molar-refractivity contribution < 1.29 is 0 Å².